The second-order valence-corrected chi connectivity index (χ2v) is 7.71. The molecule has 3 aromatic rings. The zero-order valence-corrected chi connectivity index (χ0v) is 16.5. The lowest BCUT2D eigenvalue weighted by atomic mass is 10.0. The van der Waals surface area contributed by atoms with Gasteiger partial charge in [-0.3, -0.25) is 14.5 Å². The highest BCUT2D eigenvalue weighted by Gasteiger charge is 2.22. The Kier molecular flexibility index (Phi) is 5.69. The molecule has 5 nitrogen and oxygen atoms in total. The number of nitrogens with one attached hydrogen (secondary N) is 1. The van der Waals surface area contributed by atoms with Crippen LogP contribution in [0.4, 0.5) is 0 Å². The molecule has 144 valence electrons. The highest BCUT2D eigenvalue weighted by atomic mass is 32.1. The van der Waals surface area contributed by atoms with Crippen LogP contribution >= 0.6 is 11.3 Å². The topological polar surface area (TPSA) is 52.7 Å². The maximum atomic E-state index is 12.6. The molecule has 0 spiro atoms. The monoisotopic (exact) mass is 393 g/mol. The van der Waals surface area contributed by atoms with E-state index >= 15 is 0 Å². The third kappa shape index (κ3) is 4.08. The summed E-state index contributed by atoms with van der Waals surface area (Å²) >= 11 is 1.55. The van der Waals surface area contributed by atoms with Gasteiger partial charge in [0.05, 0.1) is 5.56 Å². The molecule has 2 heterocycles. The SMILES string of the molecule is O=C(NCCN1CCN(C(=O)c2ccsc2)CC1)c1cccc2ccccc12. The molecule has 0 saturated carbocycles. The van der Waals surface area contributed by atoms with Crippen molar-refractivity contribution in [2.75, 3.05) is 39.3 Å². The largest absolute Gasteiger partial charge is 0.351 e. The summed E-state index contributed by atoms with van der Waals surface area (Å²) in [5.74, 6) is 0.0771. The second kappa shape index (κ2) is 8.54. The first kappa shape index (κ1) is 18.7. The van der Waals surface area contributed by atoms with Crippen molar-refractivity contribution in [1.82, 2.24) is 15.1 Å². The summed E-state index contributed by atoms with van der Waals surface area (Å²) in [6.45, 7) is 4.51. The zero-order valence-electron chi connectivity index (χ0n) is 15.6. The normalized spacial score (nSPS) is 14.9. The van der Waals surface area contributed by atoms with Gasteiger partial charge >= 0.3 is 0 Å². The van der Waals surface area contributed by atoms with Crippen molar-refractivity contribution in [2.45, 2.75) is 0 Å². The summed E-state index contributed by atoms with van der Waals surface area (Å²) in [5, 5.41) is 8.91. The van der Waals surface area contributed by atoms with Crippen LogP contribution in [-0.2, 0) is 0 Å². The van der Waals surface area contributed by atoms with Crippen molar-refractivity contribution in [3.05, 3.63) is 70.4 Å². The minimum absolute atomic E-state index is 0.0388. The molecule has 1 saturated heterocycles. The van der Waals surface area contributed by atoms with Crippen molar-refractivity contribution in [1.29, 1.82) is 0 Å². The summed E-state index contributed by atoms with van der Waals surface area (Å²) in [6.07, 6.45) is 0. The van der Waals surface area contributed by atoms with Gasteiger partial charge in [0.25, 0.3) is 11.8 Å². The van der Waals surface area contributed by atoms with Crippen molar-refractivity contribution in [3.8, 4) is 0 Å². The number of hydrogen-bond acceptors (Lipinski definition) is 4. The van der Waals surface area contributed by atoms with Crippen molar-refractivity contribution in [2.24, 2.45) is 0 Å². The van der Waals surface area contributed by atoms with Crippen LogP contribution < -0.4 is 5.32 Å². The van der Waals surface area contributed by atoms with Crippen molar-refractivity contribution >= 4 is 33.9 Å². The van der Waals surface area contributed by atoms with Crippen molar-refractivity contribution < 1.29 is 9.59 Å². The first-order valence-corrected chi connectivity index (χ1v) is 10.5. The molecule has 4 rings (SSSR count). The van der Waals surface area contributed by atoms with Gasteiger partial charge in [0.15, 0.2) is 0 Å². The van der Waals surface area contributed by atoms with E-state index < -0.39 is 0 Å². The molecule has 1 aliphatic heterocycles. The molecule has 0 bridgehead atoms. The Morgan fingerprint density at radius 2 is 1.75 bits per heavy atom. The third-order valence-corrected chi connectivity index (χ3v) is 5.86. The Balaban J connectivity index is 1.26. The average molecular weight is 394 g/mol. The van der Waals surface area contributed by atoms with Crippen LogP contribution in [0.1, 0.15) is 20.7 Å². The summed E-state index contributed by atoms with van der Waals surface area (Å²) in [7, 11) is 0. The summed E-state index contributed by atoms with van der Waals surface area (Å²) in [4.78, 5) is 29.2. The lowest BCUT2D eigenvalue weighted by molar-refractivity contribution is 0.0638. The van der Waals surface area contributed by atoms with E-state index in [0.29, 0.717) is 12.1 Å². The van der Waals surface area contributed by atoms with Gasteiger partial charge in [-0.15, -0.1) is 0 Å². The predicted octanol–water partition coefficient (Wildman–Crippen LogP) is 3.09. The number of rotatable bonds is 5. The van der Waals surface area contributed by atoms with Crippen LogP contribution in [0.3, 0.4) is 0 Å². The molecular formula is C22H23N3O2S. The minimum atomic E-state index is -0.0388. The average Bonchev–Trinajstić information content (AvgIpc) is 3.28. The number of carbonyl (C=O) groups is 2. The Morgan fingerprint density at radius 1 is 0.964 bits per heavy atom. The van der Waals surface area contributed by atoms with Crippen LogP contribution in [0.5, 0.6) is 0 Å². The molecule has 6 heteroatoms. The molecule has 0 unspecified atom stereocenters. The van der Waals surface area contributed by atoms with E-state index in [0.717, 1.165) is 49.1 Å². The number of nitrogens with zero attached hydrogens (tertiary/aromatic N) is 2. The van der Waals surface area contributed by atoms with E-state index in [9.17, 15) is 9.59 Å². The number of fused-ring (bicyclic) bond motifs is 1. The Morgan fingerprint density at radius 3 is 2.54 bits per heavy atom. The molecule has 2 amide bonds. The molecule has 2 aromatic carbocycles. The van der Waals surface area contributed by atoms with Gasteiger partial charge in [-0.25, -0.2) is 0 Å². The summed E-state index contributed by atoms with van der Waals surface area (Å²) < 4.78 is 0. The number of piperazine rings is 1. The number of amides is 2. The molecule has 0 aliphatic carbocycles. The molecular weight excluding hydrogens is 370 g/mol. The van der Waals surface area contributed by atoms with Gasteiger partial charge in [-0.1, -0.05) is 36.4 Å². The van der Waals surface area contributed by atoms with E-state index in [4.69, 9.17) is 0 Å². The third-order valence-electron chi connectivity index (χ3n) is 5.18. The van der Waals surface area contributed by atoms with Gasteiger partial charge in [-0.2, -0.15) is 11.3 Å². The van der Waals surface area contributed by atoms with E-state index in [2.05, 4.69) is 10.2 Å². The smallest absolute Gasteiger partial charge is 0.254 e. The zero-order chi connectivity index (χ0) is 19.3. The maximum absolute atomic E-state index is 12.6. The molecule has 1 N–H and O–H groups in total. The predicted molar refractivity (Wildman–Crippen MR) is 113 cm³/mol. The summed E-state index contributed by atoms with van der Waals surface area (Å²) in [5.41, 5.74) is 1.49. The van der Waals surface area contributed by atoms with Crippen LogP contribution in [0, 0.1) is 0 Å². The molecule has 1 aliphatic rings. The Labute approximate surface area is 168 Å². The van der Waals surface area contributed by atoms with Gasteiger partial charge in [0, 0.05) is 50.2 Å². The molecule has 0 radical (unpaired) electrons. The lowest BCUT2D eigenvalue weighted by Gasteiger charge is -2.34. The summed E-state index contributed by atoms with van der Waals surface area (Å²) in [6, 6.07) is 15.6. The van der Waals surface area contributed by atoms with Crippen LogP contribution in [0.2, 0.25) is 0 Å². The number of benzene rings is 2. The minimum Gasteiger partial charge on any atom is -0.351 e. The Bertz CT molecular complexity index is 958. The molecule has 1 fully saturated rings. The quantitative estimate of drug-likeness (QED) is 0.725. The van der Waals surface area contributed by atoms with Gasteiger partial charge < -0.3 is 10.2 Å². The fourth-order valence-electron chi connectivity index (χ4n) is 3.59. The van der Waals surface area contributed by atoms with E-state index in [1.165, 1.54) is 0 Å². The number of carbonyl (C=O) groups excluding carboxylic acids is 2. The fraction of sp³-hybridized carbons (Fsp3) is 0.273. The highest BCUT2D eigenvalue weighted by molar-refractivity contribution is 7.08. The lowest BCUT2D eigenvalue weighted by Crippen LogP contribution is -2.50. The van der Waals surface area contributed by atoms with E-state index in [1.807, 2.05) is 64.2 Å². The maximum Gasteiger partial charge on any atom is 0.254 e. The van der Waals surface area contributed by atoms with Crippen molar-refractivity contribution in [3.63, 3.8) is 0 Å². The highest BCUT2D eigenvalue weighted by Crippen LogP contribution is 2.18. The first-order valence-electron chi connectivity index (χ1n) is 9.52. The first-order chi connectivity index (χ1) is 13.7. The van der Waals surface area contributed by atoms with Gasteiger partial charge in [0.1, 0.15) is 0 Å². The van der Waals surface area contributed by atoms with Crippen LogP contribution in [0.25, 0.3) is 10.8 Å². The van der Waals surface area contributed by atoms with Gasteiger partial charge in [0.2, 0.25) is 0 Å². The fourth-order valence-corrected chi connectivity index (χ4v) is 4.22. The Hall–Kier alpha value is -2.70. The van der Waals surface area contributed by atoms with Crippen LogP contribution in [0.15, 0.2) is 59.3 Å². The number of hydrogen-bond donors (Lipinski definition) is 1. The molecule has 1 aromatic heterocycles. The van der Waals surface area contributed by atoms with Crippen LogP contribution in [-0.4, -0.2) is 60.9 Å². The van der Waals surface area contributed by atoms with E-state index in [1.54, 1.807) is 11.3 Å². The standard InChI is InChI=1S/C22H23N3O2S/c26-21(20-7-3-5-17-4-1-2-6-19(17)20)23-9-10-24-11-13-25(14-12-24)22(27)18-8-15-28-16-18/h1-8,15-16H,9-14H2,(H,23,26). The second-order valence-electron chi connectivity index (χ2n) is 6.93. The molecule has 0 atom stereocenters. The molecule has 28 heavy (non-hydrogen) atoms. The van der Waals surface area contributed by atoms with Gasteiger partial charge in [-0.05, 0) is 28.3 Å². The van der Waals surface area contributed by atoms with E-state index in [-0.39, 0.29) is 11.8 Å². The number of thiophene rings is 1.